The molecule has 1 unspecified atom stereocenters. The van der Waals surface area contributed by atoms with Crippen molar-refractivity contribution in [2.45, 2.75) is 24.5 Å². The van der Waals surface area contributed by atoms with Crippen molar-refractivity contribution in [2.75, 3.05) is 7.11 Å². The van der Waals surface area contributed by atoms with Crippen LogP contribution in [0.2, 0.25) is 0 Å². The van der Waals surface area contributed by atoms with Crippen molar-refractivity contribution in [2.24, 2.45) is 0 Å². The first-order valence-electron chi connectivity index (χ1n) is 4.76. The number of hydrogen-bond donors (Lipinski definition) is 1. The Morgan fingerprint density at radius 3 is 2.67 bits per heavy atom. The molecule has 0 amide bonds. The molecule has 0 aromatic heterocycles. The Balaban J connectivity index is 2.34. The van der Waals surface area contributed by atoms with Crippen LogP contribution in [-0.4, -0.2) is 18.5 Å². The molecule has 0 spiro atoms. The molecule has 0 radical (unpaired) electrons. The van der Waals surface area contributed by atoms with Gasteiger partial charge in [-0.05, 0) is 46.5 Å². The third-order valence-electron chi connectivity index (χ3n) is 2.98. The number of benzene rings is 1. The summed E-state index contributed by atoms with van der Waals surface area (Å²) in [6.07, 6.45) is 0.824. The summed E-state index contributed by atoms with van der Waals surface area (Å²) in [5, 5.41) is 9.71. The Morgan fingerprint density at radius 2 is 2.20 bits per heavy atom. The van der Waals surface area contributed by atoms with Crippen LogP contribution in [0, 0.1) is 5.82 Å². The largest absolute Gasteiger partial charge is 0.367 e. The lowest BCUT2D eigenvalue weighted by Crippen LogP contribution is -2.27. The summed E-state index contributed by atoms with van der Waals surface area (Å²) in [7, 11) is 1.46. The molecule has 1 N–H and O–H groups in total. The van der Waals surface area contributed by atoms with Crippen LogP contribution in [0.15, 0.2) is 22.7 Å². The number of rotatable bonds is 3. The van der Waals surface area contributed by atoms with E-state index in [1.165, 1.54) is 13.2 Å². The highest BCUT2D eigenvalue weighted by Crippen LogP contribution is 2.51. The number of ether oxygens (including phenoxy) is 1. The molecule has 1 aromatic carbocycles. The van der Waals surface area contributed by atoms with Crippen molar-refractivity contribution < 1.29 is 14.2 Å². The molecule has 2 nitrogen and oxygen atoms in total. The van der Waals surface area contributed by atoms with E-state index in [1.54, 1.807) is 6.07 Å². The second-order valence-corrected chi connectivity index (χ2v) is 4.73. The molecule has 1 aliphatic rings. The van der Waals surface area contributed by atoms with Gasteiger partial charge in [0.25, 0.3) is 0 Å². The zero-order valence-electron chi connectivity index (χ0n) is 8.34. The summed E-state index contributed by atoms with van der Waals surface area (Å²) in [6, 6.07) is 4.94. The zero-order valence-corrected chi connectivity index (χ0v) is 9.92. The maximum Gasteiger partial charge on any atom is 0.163 e. The smallest absolute Gasteiger partial charge is 0.163 e. The van der Waals surface area contributed by atoms with Gasteiger partial charge in [-0.2, -0.15) is 0 Å². The van der Waals surface area contributed by atoms with Gasteiger partial charge < -0.3 is 9.84 Å². The SMILES string of the molecule is COC(O)C1(c2ccc(Br)c(F)c2)CC1. The maximum atomic E-state index is 13.3. The number of methoxy groups -OCH3 is 1. The van der Waals surface area contributed by atoms with E-state index in [2.05, 4.69) is 15.9 Å². The van der Waals surface area contributed by atoms with Gasteiger partial charge in [-0.15, -0.1) is 0 Å². The Labute approximate surface area is 96.2 Å². The van der Waals surface area contributed by atoms with Gasteiger partial charge in [-0.25, -0.2) is 4.39 Å². The van der Waals surface area contributed by atoms with Crippen LogP contribution >= 0.6 is 15.9 Å². The highest BCUT2D eigenvalue weighted by atomic mass is 79.9. The zero-order chi connectivity index (χ0) is 11.1. The molecule has 1 atom stereocenters. The molecule has 0 aliphatic heterocycles. The van der Waals surface area contributed by atoms with Crippen LogP contribution in [0.4, 0.5) is 4.39 Å². The van der Waals surface area contributed by atoms with Crippen LogP contribution < -0.4 is 0 Å². The summed E-state index contributed by atoms with van der Waals surface area (Å²) in [5.74, 6) is -0.304. The van der Waals surface area contributed by atoms with Gasteiger partial charge in [-0.3, -0.25) is 0 Å². The fourth-order valence-corrected chi connectivity index (χ4v) is 2.09. The Hall–Kier alpha value is -0.450. The van der Waals surface area contributed by atoms with Crippen molar-refractivity contribution in [1.29, 1.82) is 0 Å². The molecule has 15 heavy (non-hydrogen) atoms. The molecule has 1 saturated carbocycles. The maximum absolute atomic E-state index is 13.3. The normalized spacial score (nSPS) is 20.0. The van der Waals surface area contributed by atoms with Gasteiger partial charge in [-0.1, -0.05) is 6.07 Å². The second kappa shape index (κ2) is 3.85. The quantitative estimate of drug-likeness (QED) is 0.859. The third-order valence-corrected chi connectivity index (χ3v) is 3.62. The van der Waals surface area contributed by atoms with Crippen LogP contribution in [0.1, 0.15) is 18.4 Å². The van der Waals surface area contributed by atoms with E-state index in [9.17, 15) is 9.50 Å². The van der Waals surface area contributed by atoms with E-state index >= 15 is 0 Å². The lowest BCUT2D eigenvalue weighted by Gasteiger charge is -2.21. The lowest BCUT2D eigenvalue weighted by molar-refractivity contribution is -0.0998. The second-order valence-electron chi connectivity index (χ2n) is 3.87. The predicted octanol–water partition coefficient (Wildman–Crippen LogP) is 2.58. The van der Waals surface area contributed by atoms with Gasteiger partial charge in [0.05, 0.1) is 4.47 Å². The van der Waals surface area contributed by atoms with E-state index in [4.69, 9.17) is 4.74 Å². The minimum Gasteiger partial charge on any atom is -0.367 e. The third kappa shape index (κ3) is 1.82. The molecule has 0 bridgehead atoms. The standard InChI is InChI=1S/C11H12BrFO2/c1-15-10(14)11(4-5-11)7-2-3-8(12)9(13)6-7/h2-3,6,10,14H,4-5H2,1H3. The topological polar surface area (TPSA) is 29.5 Å². The summed E-state index contributed by atoms with van der Waals surface area (Å²) < 4.78 is 18.7. The average molecular weight is 275 g/mol. The van der Waals surface area contributed by atoms with Crippen molar-refractivity contribution in [3.8, 4) is 0 Å². The van der Waals surface area contributed by atoms with Crippen LogP contribution in [-0.2, 0) is 10.2 Å². The first-order valence-corrected chi connectivity index (χ1v) is 5.56. The van der Waals surface area contributed by atoms with Crippen LogP contribution in [0.25, 0.3) is 0 Å². The fraction of sp³-hybridized carbons (Fsp3) is 0.455. The first kappa shape index (κ1) is 11.0. The monoisotopic (exact) mass is 274 g/mol. The predicted molar refractivity (Wildman–Crippen MR) is 58.0 cm³/mol. The van der Waals surface area contributed by atoms with E-state index in [0.717, 1.165) is 18.4 Å². The van der Waals surface area contributed by atoms with E-state index in [0.29, 0.717) is 4.47 Å². The minimum atomic E-state index is -0.849. The molecule has 1 aromatic rings. The van der Waals surface area contributed by atoms with Crippen molar-refractivity contribution in [3.05, 3.63) is 34.1 Å². The van der Waals surface area contributed by atoms with Gasteiger partial charge in [0, 0.05) is 12.5 Å². The van der Waals surface area contributed by atoms with Crippen LogP contribution in [0.5, 0.6) is 0 Å². The van der Waals surface area contributed by atoms with E-state index in [1.807, 2.05) is 6.07 Å². The molecular formula is C11H12BrFO2. The van der Waals surface area contributed by atoms with Crippen molar-refractivity contribution in [3.63, 3.8) is 0 Å². The lowest BCUT2D eigenvalue weighted by atomic mass is 9.95. The number of aliphatic hydroxyl groups is 1. The summed E-state index contributed by atoms with van der Waals surface area (Å²) in [4.78, 5) is 0. The number of aliphatic hydroxyl groups excluding tert-OH is 1. The Bertz CT molecular complexity index is 377. The van der Waals surface area contributed by atoms with E-state index in [-0.39, 0.29) is 5.82 Å². The minimum absolute atomic E-state index is 0.304. The van der Waals surface area contributed by atoms with E-state index < -0.39 is 11.7 Å². The Morgan fingerprint density at radius 1 is 1.53 bits per heavy atom. The number of halogens is 2. The molecule has 2 rings (SSSR count). The molecule has 1 fully saturated rings. The molecule has 4 heteroatoms. The van der Waals surface area contributed by atoms with Crippen LogP contribution in [0.3, 0.4) is 0 Å². The number of hydrogen-bond acceptors (Lipinski definition) is 2. The fourth-order valence-electron chi connectivity index (χ4n) is 1.84. The van der Waals surface area contributed by atoms with Crippen molar-refractivity contribution >= 4 is 15.9 Å². The Kier molecular flexibility index (Phi) is 2.83. The van der Waals surface area contributed by atoms with Gasteiger partial charge in [0.1, 0.15) is 5.82 Å². The summed E-state index contributed by atoms with van der Waals surface area (Å²) in [5.41, 5.74) is 0.411. The molecular weight excluding hydrogens is 263 g/mol. The van der Waals surface area contributed by atoms with Gasteiger partial charge >= 0.3 is 0 Å². The molecule has 82 valence electrons. The molecule has 0 saturated heterocycles. The highest BCUT2D eigenvalue weighted by Gasteiger charge is 2.51. The summed E-state index contributed by atoms with van der Waals surface area (Å²) >= 11 is 3.10. The molecule has 1 aliphatic carbocycles. The first-order chi connectivity index (χ1) is 7.10. The van der Waals surface area contributed by atoms with Gasteiger partial charge in [0.15, 0.2) is 6.29 Å². The highest BCUT2D eigenvalue weighted by molar-refractivity contribution is 9.10. The molecule has 0 heterocycles. The average Bonchev–Trinajstić information content (AvgIpc) is 3.02. The summed E-state index contributed by atoms with van der Waals surface area (Å²) in [6.45, 7) is 0. The van der Waals surface area contributed by atoms with Gasteiger partial charge in [0.2, 0.25) is 0 Å². The van der Waals surface area contributed by atoms with Crippen molar-refractivity contribution in [1.82, 2.24) is 0 Å².